The molecule has 0 spiro atoms. The molecular formula is C19H31N3O2. The van der Waals surface area contributed by atoms with E-state index in [0.29, 0.717) is 12.3 Å². The highest BCUT2D eigenvalue weighted by Crippen LogP contribution is 2.15. The average molecular weight is 333 g/mol. The quantitative estimate of drug-likeness (QED) is 0.316. The fourth-order valence-electron chi connectivity index (χ4n) is 2.44. The molecule has 0 aliphatic carbocycles. The summed E-state index contributed by atoms with van der Waals surface area (Å²) in [5, 5.41) is 6.68. The number of unbranched alkanes of at least 4 members (excludes halogenated alkanes) is 2. The lowest BCUT2D eigenvalue weighted by atomic mass is 9.99. The first-order valence-corrected chi connectivity index (χ1v) is 8.64. The molecule has 0 radical (unpaired) electrons. The number of carbonyl (C=O) groups excluding carboxylic acids is 1. The summed E-state index contributed by atoms with van der Waals surface area (Å²) in [4.78, 5) is 15.3. The third-order valence-electron chi connectivity index (χ3n) is 3.99. The Bertz CT molecular complexity index is 529. The Hall–Kier alpha value is -2.04. The summed E-state index contributed by atoms with van der Waals surface area (Å²) >= 11 is 0. The van der Waals surface area contributed by atoms with Gasteiger partial charge in [-0.05, 0) is 31.2 Å². The summed E-state index contributed by atoms with van der Waals surface area (Å²) in [6, 6.07) is 8.60. The van der Waals surface area contributed by atoms with Gasteiger partial charge in [0, 0.05) is 26.6 Å². The van der Waals surface area contributed by atoms with Crippen LogP contribution in [0.5, 0.6) is 0 Å². The van der Waals surface area contributed by atoms with Crippen molar-refractivity contribution in [2.45, 2.75) is 45.4 Å². The Morgan fingerprint density at radius 1 is 1.25 bits per heavy atom. The number of carbonyl (C=O) groups is 1. The number of rotatable bonds is 9. The van der Waals surface area contributed by atoms with Gasteiger partial charge < -0.3 is 15.4 Å². The van der Waals surface area contributed by atoms with Crippen LogP contribution in [0.25, 0.3) is 0 Å². The molecule has 1 unspecified atom stereocenters. The Morgan fingerprint density at radius 2 is 2.04 bits per heavy atom. The van der Waals surface area contributed by atoms with E-state index < -0.39 is 0 Å². The number of aryl methyl sites for hydroxylation is 1. The normalized spacial score (nSPS) is 12.6. The molecule has 1 atom stereocenters. The van der Waals surface area contributed by atoms with Crippen molar-refractivity contribution in [3.05, 3.63) is 35.4 Å². The van der Waals surface area contributed by atoms with Crippen molar-refractivity contribution in [1.82, 2.24) is 10.6 Å². The van der Waals surface area contributed by atoms with Crippen molar-refractivity contribution in [3.63, 3.8) is 0 Å². The maximum absolute atomic E-state index is 11.0. The van der Waals surface area contributed by atoms with E-state index in [2.05, 4.69) is 58.5 Å². The number of esters is 1. The number of ether oxygens (including phenoxy) is 1. The SMILES string of the molecule is CN=C(NCCCCCC(=O)OC)NCC(C)c1cccc(C)c1. The van der Waals surface area contributed by atoms with Crippen molar-refractivity contribution in [2.24, 2.45) is 4.99 Å². The minimum atomic E-state index is -0.134. The lowest BCUT2D eigenvalue weighted by Crippen LogP contribution is -2.39. The van der Waals surface area contributed by atoms with E-state index >= 15 is 0 Å². The van der Waals surface area contributed by atoms with Gasteiger partial charge in [-0.15, -0.1) is 0 Å². The summed E-state index contributed by atoms with van der Waals surface area (Å²) in [5.41, 5.74) is 2.62. The monoisotopic (exact) mass is 333 g/mol. The van der Waals surface area contributed by atoms with Gasteiger partial charge in [0.25, 0.3) is 0 Å². The molecule has 2 N–H and O–H groups in total. The van der Waals surface area contributed by atoms with Crippen LogP contribution in [0.15, 0.2) is 29.3 Å². The van der Waals surface area contributed by atoms with Crippen molar-refractivity contribution in [3.8, 4) is 0 Å². The average Bonchev–Trinajstić information content (AvgIpc) is 2.59. The molecule has 0 saturated heterocycles. The summed E-state index contributed by atoms with van der Waals surface area (Å²) in [6.45, 7) is 6.01. The molecule has 0 aliphatic heterocycles. The molecule has 0 aliphatic rings. The third-order valence-corrected chi connectivity index (χ3v) is 3.99. The number of hydrogen-bond acceptors (Lipinski definition) is 3. The Kier molecular flexibility index (Phi) is 9.58. The van der Waals surface area contributed by atoms with Gasteiger partial charge in [-0.3, -0.25) is 9.79 Å². The zero-order valence-electron chi connectivity index (χ0n) is 15.4. The Labute approximate surface area is 145 Å². The van der Waals surface area contributed by atoms with Gasteiger partial charge in [0.2, 0.25) is 0 Å². The lowest BCUT2D eigenvalue weighted by Gasteiger charge is -2.16. The Balaban J connectivity index is 2.22. The van der Waals surface area contributed by atoms with Gasteiger partial charge in [0.05, 0.1) is 7.11 Å². The number of aliphatic imine (C=N–C) groups is 1. The second kappa shape index (κ2) is 11.5. The van der Waals surface area contributed by atoms with Gasteiger partial charge in [-0.1, -0.05) is 43.2 Å². The van der Waals surface area contributed by atoms with Crippen LogP contribution in [0.1, 0.15) is 49.7 Å². The summed E-state index contributed by atoms with van der Waals surface area (Å²) in [6.07, 6.45) is 3.37. The molecule has 5 heteroatoms. The summed E-state index contributed by atoms with van der Waals surface area (Å²) in [5.74, 6) is 1.11. The molecule has 0 heterocycles. The first-order valence-electron chi connectivity index (χ1n) is 8.64. The van der Waals surface area contributed by atoms with Crippen LogP contribution in [-0.2, 0) is 9.53 Å². The number of hydrogen-bond donors (Lipinski definition) is 2. The zero-order chi connectivity index (χ0) is 17.8. The summed E-state index contributed by atoms with van der Waals surface area (Å²) < 4.78 is 4.63. The van der Waals surface area contributed by atoms with Crippen LogP contribution in [0.3, 0.4) is 0 Å². The molecule has 0 aromatic heterocycles. The van der Waals surface area contributed by atoms with Crippen LogP contribution < -0.4 is 10.6 Å². The number of methoxy groups -OCH3 is 1. The smallest absolute Gasteiger partial charge is 0.305 e. The second-order valence-electron chi connectivity index (χ2n) is 6.08. The molecule has 1 aromatic rings. The first kappa shape index (κ1) is 20.0. The van der Waals surface area contributed by atoms with E-state index in [1.165, 1.54) is 18.2 Å². The molecule has 0 saturated carbocycles. The van der Waals surface area contributed by atoms with Crippen LogP contribution in [0.4, 0.5) is 0 Å². The van der Waals surface area contributed by atoms with Crippen molar-refractivity contribution < 1.29 is 9.53 Å². The third kappa shape index (κ3) is 7.99. The van der Waals surface area contributed by atoms with Crippen molar-refractivity contribution in [1.29, 1.82) is 0 Å². The molecule has 1 rings (SSSR count). The molecule has 24 heavy (non-hydrogen) atoms. The maximum atomic E-state index is 11.0. The van der Waals surface area contributed by atoms with E-state index in [0.717, 1.165) is 38.3 Å². The standard InChI is InChI=1S/C19H31N3O2/c1-15-9-8-10-17(13-15)16(2)14-22-19(20-3)21-12-7-5-6-11-18(23)24-4/h8-10,13,16H,5-7,11-12,14H2,1-4H3,(H2,20,21,22). The molecule has 134 valence electrons. The molecule has 0 amide bonds. The molecule has 5 nitrogen and oxygen atoms in total. The predicted molar refractivity (Wildman–Crippen MR) is 99.4 cm³/mol. The highest BCUT2D eigenvalue weighted by molar-refractivity contribution is 5.79. The zero-order valence-corrected chi connectivity index (χ0v) is 15.4. The second-order valence-corrected chi connectivity index (χ2v) is 6.08. The lowest BCUT2D eigenvalue weighted by molar-refractivity contribution is -0.140. The van der Waals surface area contributed by atoms with Crippen molar-refractivity contribution >= 4 is 11.9 Å². The largest absolute Gasteiger partial charge is 0.469 e. The molecule has 0 bridgehead atoms. The van der Waals surface area contributed by atoms with E-state index in [9.17, 15) is 4.79 Å². The van der Waals surface area contributed by atoms with Crippen LogP contribution in [0, 0.1) is 6.92 Å². The van der Waals surface area contributed by atoms with E-state index in [4.69, 9.17) is 0 Å². The van der Waals surface area contributed by atoms with Gasteiger partial charge in [-0.25, -0.2) is 0 Å². The number of guanidine groups is 1. The maximum Gasteiger partial charge on any atom is 0.305 e. The van der Waals surface area contributed by atoms with Gasteiger partial charge in [0.1, 0.15) is 0 Å². The topological polar surface area (TPSA) is 62.7 Å². The van der Waals surface area contributed by atoms with Gasteiger partial charge in [0.15, 0.2) is 5.96 Å². The van der Waals surface area contributed by atoms with Crippen LogP contribution >= 0.6 is 0 Å². The minimum absolute atomic E-state index is 0.134. The highest BCUT2D eigenvalue weighted by Gasteiger charge is 2.07. The minimum Gasteiger partial charge on any atom is -0.469 e. The fourth-order valence-corrected chi connectivity index (χ4v) is 2.44. The fraction of sp³-hybridized carbons (Fsp3) is 0.579. The molecule has 0 fully saturated rings. The van der Waals surface area contributed by atoms with Gasteiger partial charge in [-0.2, -0.15) is 0 Å². The summed E-state index contributed by atoms with van der Waals surface area (Å²) in [7, 11) is 3.21. The first-order chi connectivity index (χ1) is 11.6. The number of nitrogens with zero attached hydrogens (tertiary/aromatic N) is 1. The van der Waals surface area contributed by atoms with E-state index in [-0.39, 0.29) is 5.97 Å². The molecule has 1 aromatic carbocycles. The van der Waals surface area contributed by atoms with E-state index in [1.54, 1.807) is 7.05 Å². The van der Waals surface area contributed by atoms with Crippen molar-refractivity contribution in [2.75, 3.05) is 27.2 Å². The predicted octanol–water partition coefficient (Wildman–Crippen LogP) is 3.00. The number of nitrogens with one attached hydrogen (secondary N) is 2. The number of benzene rings is 1. The van der Waals surface area contributed by atoms with E-state index in [1.807, 2.05) is 0 Å². The van der Waals surface area contributed by atoms with Gasteiger partial charge >= 0.3 is 5.97 Å². The van der Waals surface area contributed by atoms with Crippen LogP contribution in [-0.4, -0.2) is 39.2 Å². The van der Waals surface area contributed by atoms with Crippen LogP contribution in [0.2, 0.25) is 0 Å². The Morgan fingerprint density at radius 3 is 2.71 bits per heavy atom. The molecular weight excluding hydrogens is 302 g/mol. The highest BCUT2D eigenvalue weighted by atomic mass is 16.5.